The summed E-state index contributed by atoms with van der Waals surface area (Å²) in [4.78, 5) is 1.41. The number of para-hydroxylation sites is 1. The lowest BCUT2D eigenvalue weighted by molar-refractivity contribution is 0.616. The molecule has 0 saturated carbocycles. The van der Waals surface area contributed by atoms with Gasteiger partial charge in [0.05, 0.1) is 22.7 Å². The molecule has 120 valence electrons. The van der Waals surface area contributed by atoms with Crippen molar-refractivity contribution in [2.24, 2.45) is 0 Å². The van der Waals surface area contributed by atoms with Gasteiger partial charge in [0.2, 0.25) is 0 Å². The van der Waals surface area contributed by atoms with Crippen LogP contribution >= 0.6 is 11.8 Å². The van der Waals surface area contributed by atoms with Gasteiger partial charge in [0.25, 0.3) is 0 Å². The van der Waals surface area contributed by atoms with E-state index in [4.69, 9.17) is 4.42 Å². The van der Waals surface area contributed by atoms with Gasteiger partial charge in [-0.25, -0.2) is 0 Å². The van der Waals surface area contributed by atoms with Gasteiger partial charge in [-0.1, -0.05) is 36.4 Å². The molecule has 0 saturated heterocycles. The molecule has 0 N–H and O–H groups in total. The average Bonchev–Trinajstić information content (AvgIpc) is 3.35. The third-order valence-electron chi connectivity index (χ3n) is 5.22. The van der Waals surface area contributed by atoms with Crippen LogP contribution in [0.2, 0.25) is 0 Å². The van der Waals surface area contributed by atoms with E-state index in [9.17, 15) is 0 Å². The molecule has 6 rings (SSSR count). The van der Waals surface area contributed by atoms with Crippen molar-refractivity contribution >= 4 is 44.5 Å². The lowest BCUT2D eigenvalue weighted by Gasteiger charge is -2.14. The second kappa shape index (κ2) is 4.93. The highest BCUT2D eigenvalue weighted by Crippen LogP contribution is 2.47. The Bertz CT molecular complexity index is 1240. The van der Waals surface area contributed by atoms with E-state index in [1.165, 1.54) is 37.7 Å². The van der Waals surface area contributed by atoms with Crippen molar-refractivity contribution in [1.82, 2.24) is 4.57 Å². The van der Waals surface area contributed by atoms with Crippen LogP contribution in [-0.4, -0.2) is 4.57 Å². The quantitative estimate of drug-likeness (QED) is 0.352. The van der Waals surface area contributed by atoms with Crippen molar-refractivity contribution in [3.63, 3.8) is 0 Å². The van der Waals surface area contributed by atoms with E-state index in [-0.39, 0.29) is 0 Å². The fraction of sp³-hybridized carbons (Fsp3) is 0.0909. The Hall–Kier alpha value is -2.65. The van der Waals surface area contributed by atoms with Crippen LogP contribution in [0.5, 0.6) is 0 Å². The van der Waals surface area contributed by atoms with Gasteiger partial charge in [-0.2, -0.15) is 0 Å². The molecule has 3 heteroatoms. The average molecular weight is 341 g/mol. The lowest BCUT2D eigenvalue weighted by Crippen LogP contribution is -2.03. The third-order valence-corrected chi connectivity index (χ3v) is 6.53. The summed E-state index contributed by atoms with van der Waals surface area (Å²) in [6, 6.07) is 23.9. The molecule has 0 aliphatic carbocycles. The molecule has 0 spiro atoms. The molecule has 1 aliphatic rings. The maximum atomic E-state index is 5.65. The van der Waals surface area contributed by atoms with Crippen LogP contribution in [0.3, 0.4) is 0 Å². The fourth-order valence-corrected chi connectivity index (χ4v) is 5.51. The Balaban J connectivity index is 1.69. The highest BCUT2D eigenvalue weighted by molar-refractivity contribution is 7.99. The molecule has 3 heterocycles. The predicted octanol–water partition coefficient (Wildman–Crippen LogP) is 6.39. The van der Waals surface area contributed by atoms with Gasteiger partial charge in [0.1, 0.15) is 5.58 Å². The van der Waals surface area contributed by atoms with Crippen molar-refractivity contribution in [2.45, 2.75) is 16.7 Å². The summed E-state index contributed by atoms with van der Waals surface area (Å²) in [5, 5.41) is 4.21. The highest BCUT2D eigenvalue weighted by Gasteiger charge is 2.26. The van der Waals surface area contributed by atoms with E-state index >= 15 is 0 Å². The molecular formula is C22H15NOS. The second-order valence-corrected chi connectivity index (χ2v) is 7.78. The largest absolute Gasteiger partial charge is 0.464 e. The topological polar surface area (TPSA) is 18.1 Å². The standard InChI is InChI=1S/C22H15NOS/c1-4-8-20-14(5-1)13-21(25-20)23-17-7-3-2-6-15(17)22-16-11-12-24-19(16)10-9-18(22)23/h1-12,21H,13H2. The molecule has 25 heavy (non-hydrogen) atoms. The first-order valence-corrected chi connectivity index (χ1v) is 9.41. The molecule has 0 fully saturated rings. The Morgan fingerprint density at radius 3 is 2.68 bits per heavy atom. The zero-order chi connectivity index (χ0) is 16.4. The molecule has 1 atom stereocenters. The lowest BCUT2D eigenvalue weighted by atomic mass is 10.1. The number of furan rings is 1. The maximum Gasteiger partial charge on any atom is 0.134 e. The molecule has 5 aromatic rings. The van der Waals surface area contributed by atoms with Crippen LogP contribution in [0.15, 0.2) is 82.3 Å². The van der Waals surface area contributed by atoms with Crippen molar-refractivity contribution in [3.8, 4) is 0 Å². The van der Waals surface area contributed by atoms with Crippen LogP contribution in [0, 0.1) is 0 Å². The monoisotopic (exact) mass is 341 g/mol. The van der Waals surface area contributed by atoms with Crippen molar-refractivity contribution in [1.29, 1.82) is 0 Å². The number of thioether (sulfide) groups is 1. The van der Waals surface area contributed by atoms with Crippen molar-refractivity contribution in [3.05, 3.63) is 78.6 Å². The van der Waals surface area contributed by atoms with Crippen LogP contribution in [0.1, 0.15) is 10.9 Å². The minimum atomic E-state index is 0.393. The molecular weight excluding hydrogens is 326 g/mol. The number of hydrogen-bond donors (Lipinski definition) is 0. The first-order chi connectivity index (χ1) is 12.4. The zero-order valence-corrected chi connectivity index (χ0v) is 14.3. The van der Waals surface area contributed by atoms with E-state index in [1.54, 1.807) is 6.26 Å². The summed E-state index contributed by atoms with van der Waals surface area (Å²) in [6.45, 7) is 0. The van der Waals surface area contributed by atoms with E-state index in [0.29, 0.717) is 5.37 Å². The maximum absolute atomic E-state index is 5.65. The number of hydrogen-bond acceptors (Lipinski definition) is 2. The zero-order valence-electron chi connectivity index (χ0n) is 13.5. The first kappa shape index (κ1) is 13.6. The summed E-state index contributed by atoms with van der Waals surface area (Å²) < 4.78 is 8.16. The summed E-state index contributed by atoms with van der Waals surface area (Å²) in [7, 11) is 0. The summed E-state index contributed by atoms with van der Waals surface area (Å²) in [5.41, 5.74) is 5.00. The number of benzene rings is 3. The fourth-order valence-electron chi connectivity index (χ4n) is 4.16. The Morgan fingerprint density at radius 2 is 1.72 bits per heavy atom. The number of rotatable bonds is 1. The van der Waals surface area contributed by atoms with Gasteiger partial charge in [-0.3, -0.25) is 0 Å². The molecule has 3 aromatic carbocycles. The minimum absolute atomic E-state index is 0.393. The summed E-state index contributed by atoms with van der Waals surface area (Å²) in [5.74, 6) is 0. The minimum Gasteiger partial charge on any atom is -0.464 e. The van der Waals surface area contributed by atoms with Crippen molar-refractivity contribution in [2.75, 3.05) is 0 Å². The van der Waals surface area contributed by atoms with Gasteiger partial charge < -0.3 is 8.98 Å². The van der Waals surface area contributed by atoms with E-state index in [0.717, 1.165) is 12.0 Å². The molecule has 0 bridgehead atoms. The van der Waals surface area contributed by atoms with E-state index < -0.39 is 0 Å². The Labute approximate surface area is 149 Å². The highest BCUT2D eigenvalue weighted by atomic mass is 32.2. The Morgan fingerprint density at radius 1 is 0.840 bits per heavy atom. The summed E-state index contributed by atoms with van der Waals surface area (Å²) in [6.07, 6.45) is 2.86. The summed E-state index contributed by atoms with van der Waals surface area (Å²) >= 11 is 1.97. The van der Waals surface area contributed by atoms with Gasteiger partial charge in [-0.15, -0.1) is 11.8 Å². The number of nitrogens with zero attached hydrogens (tertiary/aromatic N) is 1. The van der Waals surface area contributed by atoms with Gasteiger partial charge in [0, 0.05) is 27.5 Å². The van der Waals surface area contributed by atoms with Crippen LogP contribution in [0.4, 0.5) is 0 Å². The van der Waals surface area contributed by atoms with Crippen LogP contribution in [0.25, 0.3) is 32.8 Å². The van der Waals surface area contributed by atoms with Gasteiger partial charge in [0.15, 0.2) is 0 Å². The van der Waals surface area contributed by atoms with Crippen molar-refractivity contribution < 1.29 is 4.42 Å². The molecule has 2 nitrogen and oxygen atoms in total. The SMILES string of the molecule is c1ccc2c(c1)CC(n1c3ccccc3c3c4ccoc4ccc31)S2. The third kappa shape index (κ3) is 1.82. The molecule has 2 aromatic heterocycles. The van der Waals surface area contributed by atoms with E-state index in [2.05, 4.69) is 71.3 Å². The predicted molar refractivity (Wildman–Crippen MR) is 104 cm³/mol. The van der Waals surface area contributed by atoms with Crippen LogP contribution in [-0.2, 0) is 6.42 Å². The van der Waals surface area contributed by atoms with E-state index in [1.807, 2.05) is 11.8 Å². The van der Waals surface area contributed by atoms with Crippen LogP contribution < -0.4 is 0 Å². The van der Waals surface area contributed by atoms with Gasteiger partial charge in [-0.05, 0) is 35.9 Å². The second-order valence-electron chi connectivity index (χ2n) is 6.56. The van der Waals surface area contributed by atoms with Gasteiger partial charge >= 0.3 is 0 Å². The molecule has 0 amide bonds. The Kier molecular flexibility index (Phi) is 2.69. The molecule has 1 aliphatic heterocycles. The number of aromatic nitrogens is 1. The smallest absolute Gasteiger partial charge is 0.134 e. The number of fused-ring (bicyclic) bond motifs is 6. The normalized spacial score (nSPS) is 16.9. The molecule has 1 unspecified atom stereocenters. The molecule has 0 radical (unpaired) electrons. The first-order valence-electron chi connectivity index (χ1n) is 8.53.